The van der Waals surface area contributed by atoms with Crippen LogP contribution in [0.5, 0.6) is 0 Å². The van der Waals surface area contributed by atoms with E-state index in [0.29, 0.717) is 6.42 Å². The standard InChI is InChI=1S/C22H28NO2/c1-16-22(2,3)21-18-11-8-7-10-17(18)13-14-19(21)23(16)15-9-5-6-12-20(24)25-4/h7-8,10-11,13-14H,5-6,9,12,15H2,1-4H3/q+1. The summed E-state index contributed by atoms with van der Waals surface area (Å²) < 4.78 is 7.18. The van der Waals surface area contributed by atoms with Crippen LogP contribution in [0.4, 0.5) is 5.69 Å². The van der Waals surface area contributed by atoms with E-state index >= 15 is 0 Å². The number of hydrogen-bond acceptors (Lipinski definition) is 2. The Balaban J connectivity index is 1.81. The van der Waals surface area contributed by atoms with Crippen LogP contribution >= 0.6 is 0 Å². The number of unbranched alkanes of at least 4 members (excludes halogenated alkanes) is 2. The molecule has 0 radical (unpaired) electrons. The van der Waals surface area contributed by atoms with Crippen molar-refractivity contribution in [3.63, 3.8) is 0 Å². The number of hydrogen-bond donors (Lipinski definition) is 0. The topological polar surface area (TPSA) is 29.3 Å². The molecule has 0 aromatic heterocycles. The quantitative estimate of drug-likeness (QED) is 0.423. The first kappa shape index (κ1) is 17.7. The Labute approximate surface area is 150 Å². The zero-order chi connectivity index (χ0) is 18.0. The van der Waals surface area contributed by atoms with Gasteiger partial charge in [-0.15, -0.1) is 0 Å². The highest BCUT2D eigenvalue weighted by atomic mass is 16.5. The number of carbonyl (C=O) groups excluding carboxylic acids is 1. The SMILES string of the molecule is COC(=O)CCCCC[N+]1=C(C)C(C)(C)c2c1ccc1ccccc21. The van der Waals surface area contributed by atoms with E-state index < -0.39 is 0 Å². The van der Waals surface area contributed by atoms with Crippen molar-refractivity contribution < 1.29 is 14.1 Å². The summed E-state index contributed by atoms with van der Waals surface area (Å²) >= 11 is 0. The Bertz CT molecular complexity index is 833. The van der Waals surface area contributed by atoms with Crippen molar-refractivity contribution in [2.24, 2.45) is 0 Å². The minimum Gasteiger partial charge on any atom is -0.469 e. The van der Waals surface area contributed by atoms with Crippen molar-refractivity contribution >= 4 is 28.1 Å². The van der Waals surface area contributed by atoms with E-state index in [1.165, 1.54) is 34.8 Å². The lowest BCUT2D eigenvalue weighted by Gasteiger charge is -2.17. The third kappa shape index (κ3) is 3.20. The summed E-state index contributed by atoms with van der Waals surface area (Å²) in [5.74, 6) is -0.109. The normalized spacial score (nSPS) is 15.5. The molecular formula is C22H28NO2+. The summed E-state index contributed by atoms with van der Waals surface area (Å²) in [6.45, 7) is 7.90. The third-order valence-corrected chi connectivity index (χ3v) is 5.62. The van der Waals surface area contributed by atoms with Crippen molar-refractivity contribution in [3.8, 4) is 0 Å². The summed E-state index contributed by atoms with van der Waals surface area (Å²) in [6, 6.07) is 13.2. The monoisotopic (exact) mass is 338 g/mol. The van der Waals surface area contributed by atoms with Crippen LogP contribution < -0.4 is 0 Å². The van der Waals surface area contributed by atoms with Crippen molar-refractivity contribution in [1.82, 2.24) is 0 Å². The van der Waals surface area contributed by atoms with Crippen LogP contribution in [0.1, 0.15) is 52.0 Å². The summed E-state index contributed by atoms with van der Waals surface area (Å²) in [6.07, 6.45) is 3.54. The van der Waals surface area contributed by atoms with Crippen LogP contribution in [0.15, 0.2) is 36.4 Å². The Morgan fingerprint density at radius 1 is 1.08 bits per heavy atom. The fourth-order valence-corrected chi connectivity index (χ4v) is 3.95. The van der Waals surface area contributed by atoms with Gasteiger partial charge in [-0.25, -0.2) is 0 Å². The number of carbonyl (C=O) groups is 1. The molecule has 132 valence electrons. The molecule has 2 aromatic carbocycles. The highest BCUT2D eigenvalue weighted by Gasteiger charge is 2.43. The number of methoxy groups -OCH3 is 1. The van der Waals surface area contributed by atoms with Gasteiger partial charge < -0.3 is 4.74 Å². The van der Waals surface area contributed by atoms with E-state index in [2.05, 4.69) is 61.7 Å². The molecule has 0 spiro atoms. The van der Waals surface area contributed by atoms with Gasteiger partial charge in [0.05, 0.1) is 12.5 Å². The molecule has 3 nitrogen and oxygen atoms in total. The summed E-state index contributed by atoms with van der Waals surface area (Å²) in [5, 5.41) is 2.67. The molecule has 0 unspecified atom stereocenters. The number of benzene rings is 2. The Morgan fingerprint density at radius 2 is 1.84 bits per heavy atom. The van der Waals surface area contributed by atoms with E-state index in [1.54, 1.807) is 0 Å². The van der Waals surface area contributed by atoms with Gasteiger partial charge in [0.25, 0.3) is 0 Å². The zero-order valence-electron chi connectivity index (χ0n) is 15.8. The molecule has 0 atom stereocenters. The second-order valence-corrected chi connectivity index (χ2v) is 7.43. The number of rotatable bonds is 6. The van der Waals surface area contributed by atoms with Crippen molar-refractivity contribution in [2.45, 2.75) is 51.9 Å². The summed E-state index contributed by atoms with van der Waals surface area (Å²) in [5.41, 5.74) is 4.24. The largest absolute Gasteiger partial charge is 0.469 e. The van der Waals surface area contributed by atoms with Gasteiger partial charge in [-0.2, -0.15) is 4.58 Å². The van der Waals surface area contributed by atoms with Crippen LogP contribution in [0.25, 0.3) is 10.8 Å². The van der Waals surface area contributed by atoms with Gasteiger partial charge in [0.2, 0.25) is 5.69 Å². The molecular weight excluding hydrogens is 310 g/mol. The minimum atomic E-state index is -0.109. The fraction of sp³-hybridized carbons (Fsp3) is 0.455. The molecule has 0 aliphatic carbocycles. The lowest BCUT2D eigenvalue weighted by molar-refractivity contribution is -0.439. The maximum Gasteiger partial charge on any atom is 0.305 e. The highest BCUT2D eigenvalue weighted by molar-refractivity contribution is 6.01. The molecule has 0 saturated heterocycles. The van der Waals surface area contributed by atoms with Gasteiger partial charge in [0.15, 0.2) is 5.71 Å². The first-order chi connectivity index (χ1) is 12.0. The highest BCUT2D eigenvalue weighted by Crippen LogP contribution is 2.43. The molecule has 1 aliphatic heterocycles. The van der Waals surface area contributed by atoms with E-state index in [0.717, 1.165) is 25.8 Å². The first-order valence-corrected chi connectivity index (χ1v) is 9.17. The number of esters is 1. The molecule has 0 bridgehead atoms. The molecule has 3 heteroatoms. The lowest BCUT2D eigenvalue weighted by atomic mass is 9.80. The second kappa shape index (κ2) is 6.99. The van der Waals surface area contributed by atoms with Crippen LogP contribution in [-0.4, -0.2) is 29.9 Å². The second-order valence-electron chi connectivity index (χ2n) is 7.43. The van der Waals surface area contributed by atoms with Gasteiger partial charge in [-0.3, -0.25) is 4.79 Å². The van der Waals surface area contributed by atoms with E-state index in [1.807, 2.05) is 0 Å². The third-order valence-electron chi connectivity index (χ3n) is 5.62. The lowest BCUT2D eigenvalue weighted by Crippen LogP contribution is -2.26. The van der Waals surface area contributed by atoms with Gasteiger partial charge in [-0.1, -0.05) is 24.3 Å². The number of fused-ring (bicyclic) bond motifs is 3. The molecule has 1 heterocycles. The zero-order valence-corrected chi connectivity index (χ0v) is 15.8. The van der Waals surface area contributed by atoms with Gasteiger partial charge in [0, 0.05) is 31.4 Å². The maximum absolute atomic E-state index is 11.2. The summed E-state index contributed by atoms with van der Waals surface area (Å²) in [4.78, 5) is 11.2. The average Bonchev–Trinajstić information content (AvgIpc) is 2.81. The van der Waals surface area contributed by atoms with Gasteiger partial charge in [0.1, 0.15) is 6.54 Å². The van der Waals surface area contributed by atoms with Crippen molar-refractivity contribution in [3.05, 3.63) is 42.0 Å². The molecule has 0 amide bonds. The van der Waals surface area contributed by atoms with E-state index in [-0.39, 0.29) is 11.4 Å². The molecule has 3 rings (SSSR count). The predicted molar refractivity (Wildman–Crippen MR) is 103 cm³/mol. The Hall–Kier alpha value is -2.16. The average molecular weight is 338 g/mol. The van der Waals surface area contributed by atoms with Crippen LogP contribution in [0.2, 0.25) is 0 Å². The van der Waals surface area contributed by atoms with E-state index in [9.17, 15) is 4.79 Å². The van der Waals surface area contributed by atoms with Crippen molar-refractivity contribution in [1.29, 1.82) is 0 Å². The molecule has 2 aromatic rings. The first-order valence-electron chi connectivity index (χ1n) is 9.17. The molecule has 1 aliphatic rings. The van der Waals surface area contributed by atoms with Crippen LogP contribution in [-0.2, 0) is 14.9 Å². The molecule has 0 N–H and O–H groups in total. The van der Waals surface area contributed by atoms with Crippen LogP contribution in [0, 0.1) is 0 Å². The molecule has 0 saturated carbocycles. The van der Waals surface area contributed by atoms with E-state index in [4.69, 9.17) is 4.74 Å². The molecule has 0 fully saturated rings. The molecule has 25 heavy (non-hydrogen) atoms. The number of nitrogens with zero attached hydrogens (tertiary/aromatic N) is 1. The predicted octanol–water partition coefficient (Wildman–Crippen LogP) is 4.97. The van der Waals surface area contributed by atoms with Gasteiger partial charge >= 0.3 is 5.97 Å². The fourth-order valence-electron chi connectivity index (χ4n) is 3.95. The summed E-state index contributed by atoms with van der Waals surface area (Å²) in [7, 11) is 1.45. The Morgan fingerprint density at radius 3 is 2.60 bits per heavy atom. The smallest absolute Gasteiger partial charge is 0.305 e. The maximum atomic E-state index is 11.2. The van der Waals surface area contributed by atoms with Crippen LogP contribution in [0.3, 0.4) is 0 Å². The minimum absolute atomic E-state index is 0.0439. The van der Waals surface area contributed by atoms with Crippen molar-refractivity contribution in [2.75, 3.05) is 13.7 Å². The number of ether oxygens (including phenoxy) is 1. The van der Waals surface area contributed by atoms with Gasteiger partial charge in [-0.05, 0) is 43.5 Å². The Kier molecular flexibility index (Phi) is 4.94.